The van der Waals surface area contributed by atoms with Crippen molar-refractivity contribution < 1.29 is 4.79 Å². The Morgan fingerprint density at radius 3 is 2.65 bits per heavy atom. The van der Waals surface area contributed by atoms with Crippen molar-refractivity contribution in [2.24, 2.45) is 5.92 Å². The number of benzene rings is 1. The van der Waals surface area contributed by atoms with Crippen LogP contribution in [0.3, 0.4) is 0 Å². The average molecular weight is 450 g/mol. The summed E-state index contributed by atoms with van der Waals surface area (Å²) in [4.78, 5) is 15.1. The van der Waals surface area contributed by atoms with E-state index in [1.165, 1.54) is 12.8 Å². The van der Waals surface area contributed by atoms with Gasteiger partial charge in [0.2, 0.25) is 0 Å². The number of carbonyl (C=O) groups is 1. The molecule has 1 saturated carbocycles. The van der Waals surface area contributed by atoms with Gasteiger partial charge in [0.1, 0.15) is 0 Å². The molecule has 0 radical (unpaired) electrons. The molecule has 0 aliphatic heterocycles. The van der Waals surface area contributed by atoms with Gasteiger partial charge >= 0.3 is 0 Å². The van der Waals surface area contributed by atoms with Gasteiger partial charge in [-0.25, -0.2) is 0 Å². The number of carbonyl (C=O) groups excluding carboxylic acids is 1. The maximum absolute atomic E-state index is 12.9. The summed E-state index contributed by atoms with van der Waals surface area (Å²) in [6.45, 7) is 5.22. The van der Waals surface area contributed by atoms with Crippen molar-refractivity contribution in [1.82, 2.24) is 4.90 Å². The first-order valence-corrected chi connectivity index (χ1v) is 9.12. The second-order valence-electron chi connectivity index (χ2n) is 5.91. The normalized spacial score (nSPS) is 15.8. The fourth-order valence-corrected chi connectivity index (χ4v) is 3.75. The van der Waals surface area contributed by atoms with Crippen LogP contribution in [-0.2, 0) is 0 Å². The molecule has 0 unspecified atom stereocenters. The van der Waals surface area contributed by atoms with E-state index in [1.54, 1.807) is 0 Å². The van der Waals surface area contributed by atoms with Crippen LogP contribution in [0.5, 0.6) is 0 Å². The van der Waals surface area contributed by atoms with E-state index in [4.69, 9.17) is 0 Å². The first kappa shape index (κ1) is 16.3. The zero-order valence-corrected chi connectivity index (χ0v) is 15.8. The molecule has 1 amide bonds. The lowest BCUT2D eigenvalue weighted by molar-refractivity contribution is 0.0654. The third-order valence-electron chi connectivity index (χ3n) is 3.75. The van der Waals surface area contributed by atoms with E-state index in [-0.39, 0.29) is 5.91 Å². The van der Waals surface area contributed by atoms with Crippen LogP contribution in [0.15, 0.2) is 22.7 Å². The summed E-state index contributed by atoms with van der Waals surface area (Å²) < 4.78 is 2.00. The molecule has 1 fully saturated rings. The minimum absolute atomic E-state index is 0.191. The molecular weight excluding hydrogens is 429 g/mol. The maximum atomic E-state index is 12.9. The zero-order chi connectivity index (χ0) is 14.7. The molecule has 2 rings (SSSR count). The molecule has 0 bridgehead atoms. The standard InChI is InChI=1S/C16H21BrINO/c1-11(2)10-19(13-5-3-4-6-13)16(20)14-9-12(17)7-8-15(14)18/h7-9,11,13H,3-6,10H2,1-2H3. The maximum Gasteiger partial charge on any atom is 0.255 e. The van der Waals surface area contributed by atoms with Crippen LogP contribution in [0.25, 0.3) is 0 Å². The van der Waals surface area contributed by atoms with E-state index in [0.29, 0.717) is 12.0 Å². The quantitative estimate of drug-likeness (QED) is 0.586. The second-order valence-corrected chi connectivity index (χ2v) is 7.99. The number of rotatable bonds is 4. The van der Waals surface area contributed by atoms with E-state index < -0.39 is 0 Å². The average Bonchev–Trinajstić information content (AvgIpc) is 2.91. The van der Waals surface area contributed by atoms with Gasteiger partial charge in [0, 0.05) is 20.6 Å². The minimum atomic E-state index is 0.191. The monoisotopic (exact) mass is 449 g/mol. The van der Waals surface area contributed by atoms with Crippen LogP contribution >= 0.6 is 38.5 Å². The summed E-state index contributed by atoms with van der Waals surface area (Å²) in [6, 6.07) is 6.37. The van der Waals surface area contributed by atoms with Crippen LogP contribution in [0.1, 0.15) is 49.9 Å². The second kappa shape index (κ2) is 7.25. The summed E-state index contributed by atoms with van der Waals surface area (Å²) in [6.07, 6.45) is 4.82. The van der Waals surface area contributed by atoms with Gasteiger partial charge < -0.3 is 4.90 Å². The molecule has 4 heteroatoms. The SMILES string of the molecule is CC(C)CN(C(=O)c1cc(Br)ccc1I)C1CCCC1. The lowest BCUT2D eigenvalue weighted by Crippen LogP contribution is -2.41. The highest BCUT2D eigenvalue weighted by Gasteiger charge is 2.28. The topological polar surface area (TPSA) is 20.3 Å². The molecule has 0 atom stereocenters. The van der Waals surface area contributed by atoms with Crippen LogP contribution in [0.2, 0.25) is 0 Å². The predicted molar refractivity (Wildman–Crippen MR) is 95.0 cm³/mol. The highest BCUT2D eigenvalue weighted by atomic mass is 127. The van der Waals surface area contributed by atoms with Crippen molar-refractivity contribution in [1.29, 1.82) is 0 Å². The van der Waals surface area contributed by atoms with Gasteiger partial charge in [0.05, 0.1) is 5.56 Å². The Hall–Kier alpha value is -0.100. The van der Waals surface area contributed by atoms with E-state index in [0.717, 1.165) is 33.0 Å². The number of hydrogen-bond acceptors (Lipinski definition) is 1. The molecule has 0 heterocycles. The molecule has 20 heavy (non-hydrogen) atoms. The first-order chi connectivity index (χ1) is 9.49. The Labute approximate surface area is 143 Å². The molecule has 1 aromatic carbocycles. The highest BCUT2D eigenvalue weighted by molar-refractivity contribution is 14.1. The van der Waals surface area contributed by atoms with Crippen molar-refractivity contribution >= 4 is 44.4 Å². The third kappa shape index (κ3) is 3.97. The fourth-order valence-electron chi connectivity index (χ4n) is 2.82. The van der Waals surface area contributed by atoms with Crippen LogP contribution in [-0.4, -0.2) is 23.4 Å². The number of nitrogens with zero attached hydrogens (tertiary/aromatic N) is 1. The van der Waals surface area contributed by atoms with Crippen molar-refractivity contribution in [3.05, 3.63) is 31.8 Å². The molecule has 0 aromatic heterocycles. The smallest absolute Gasteiger partial charge is 0.255 e. The summed E-state index contributed by atoms with van der Waals surface area (Å²) in [5.74, 6) is 0.695. The van der Waals surface area contributed by atoms with Gasteiger partial charge in [-0.1, -0.05) is 42.6 Å². The van der Waals surface area contributed by atoms with Crippen molar-refractivity contribution in [2.45, 2.75) is 45.6 Å². The van der Waals surface area contributed by atoms with Gasteiger partial charge in [0.25, 0.3) is 5.91 Å². The minimum Gasteiger partial charge on any atom is -0.335 e. The van der Waals surface area contributed by atoms with Crippen molar-refractivity contribution in [2.75, 3.05) is 6.54 Å². The van der Waals surface area contributed by atoms with Crippen LogP contribution in [0.4, 0.5) is 0 Å². The Balaban J connectivity index is 2.27. The predicted octanol–water partition coefficient (Wildman–Crippen LogP) is 5.09. The molecule has 1 aliphatic rings. The lowest BCUT2D eigenvalue weighted by Gasteiger charge is -2.31. The fraction of sp³-hybridized carbons (Fsp3) is 0.562. The molecular formula is C16H21BrINO. The highest BCUT2D eigenvalue weighted by Crippen LogP contribution is 2.27. The Kier molecular flexibility index (Phi) is 5.90. The molecule has 110 valence electrons. The molecule has 1 aliphatic carbocycles. The largest absolute Gasteiger partial charge is 0.335 e. The molecule has 0 saturated heterocycles. The van der Waals surface area contributed by atoms with E-state index in [9.17, 15) is 4.79 Å². The van der Waals surface area contributed by atoms with E-state index in [1.807, 2.05) is 18.2 Å². The number of amides is 1. The van der Waals surface area contributed by atoms with Gasteiger partial charge in [-0.15, -0.1) is 0 Å². The molecule has 2 nitrogen and oxygen atoms in total. The van der Waals surface area contributed by atoms with E-state index >= 15 is 0 Å². The Morgan fingerprint density at radius 1 is 1.40 bits per heavy atom. The Bertz CT molecular complexity index is 483. The zero-order valence-electron chi connectivity index (χ0n) is 12.0. The van der Waals surface area contributed by atoms with Crippen LogP contribution in [0, 0.1) is 9.49 Å². The van der Waals surface area contributed by atoms with Gasteiger partial charge in [0.15, 0.2) is 0 Å². The summed E-state index contributed by atoms with van der Waals surface area (Å²) in [7, 11) is 0. The van der Waals surface area contributed by atoms with Crippen LogP contribution < -0.4 is 0 Å². The summed E-state index contributed by atoms with van der Waals surface area (Å²) in [5.41, 5.74) is 0.826. The first-order valence-electron chi connectivity index (χ1n) is 7.25. The van der Waals surface area contributed by atoms with Gasteiger partial charge in [-0.05, 0) is 59.5 Å². The van der Waals surface area contributed by atoms with Gasteiger partial charge in [-0.3, -0.25) is 4.79 Å². The lowest BCUT2D eigenvalue weighted by atomic mass is 10.1. The summed E-state index contributed by atoms with van der Waals surface area (Å²) in [5, 5.41) is 0. The summed E-state index contributed by atoms with van der Waals surface area (Å²) >= 11 is 5.73. The number of hydrogen-bond donors (Lipinski definition) is 0. The molecule has 1 aromatic rings. The third-order valence-corrected chi connectivity index (χ3v) is 5.18. The van der Waals surface area contributed by atoms with Crippen molar-refractivity contribution in [3.8, 4) is 0 Å². The Morgan fingerprint density at radius 2 is 2.05 bits per heavy atom. The molecule has 0 spiro atoms. The number of halogens is 2. The van der Waals surface area contributed by atoms with Crippen molar-refractivity contribution in [3.63, 3.8) is 0 Å². The van der Waals surface area contributed by atoms with E-state index in [2.05, 4.69) is 57.3 Å². The van der Waals surface area contributed by atoms with Gasteiger partial charge in [-0.2, -0.15) is 0 Å². The molecule has 0 N–H and O–H groups in total.